The van der Waals surface area contributed by atoms with Gasteiger partial charge in [-0.3, -0.25) is 9.59 Å². The van der Waals surface area contributed by atoms with Gasteiger partial charge in [0.15, 0.2) is 0 Å². The first-order chi connectivity index (χ1) is 19.5. The van der Waals surface area contributed by atoms with Gasteiger partial charge in [0, 0.05) is 23.9 Å². The molecule has 5 rings (SSSR count). The molecule has 0 radical (unpaired) electrons. The molecule has 3 atom stereocenters. The number of benzene rings is 2. The van der Waals surface area contributed by atoms with E-state index >= 15 is 0 Å². The van der Waals surface area contributed by atoms with Crippen LogP contribution in [0, 0.1) is 0 Å². The first-order valence-electron chi connectivity index (χ1n) is 13.2. The number of halogens is 3. The topological polar surface area (TPSA) is 97.8 Å². The lowest BCUT2D eigenvalue weighted by Gasteiger charge is -2.32. The molecular weight excluding hydrogens is 539 g/mol. The van der Waals surface area contributed by atoms with Crippen LogP contribution in [0.4, 0.5) is 24.5 Å². The molecule has 4 aromatic rings. The third-order valence-electron chi connectivity index (χ3n) is 7.47. The maximum Gasteiger partial charge on any atom is 0.433 e. The molecule has 3 aromatic carbocycles. The van der Waals surface area contributed by atoms with Crippen LogP contribution in [0.5, 0.6) is 11.6 Å². The Balaban J connectivity index is 1.37. The highest BCUT2D eigenvalue weighted by molar-refractivity contribution is 5.87. The molecule has 214 valence electrons. The van der Waals surface area contributed by atoms with Gasteiger partial charge in [-0.05, 0) is 61.9 Å². The van der Waals surface area contributed by atoms with Crippen LogP contribution < -0.4 is 25.8 Å². The van der Waals surface area contributed by atoms with E-state index < -0.39 is 34.7 Å². The predicted molar refractivity (Wildman–Crippen MR) is 148 cm³/mol. The minimum Gasteiger partial charge on any atom is -0.467 e. The molecule has 0 spiro atoms. The average molecular weight is 568 g/mol. The highest BCUT2D eigenvalue weighted by Crippen LogP contribution is 2.36. The normalized spacial score (nSPS) is 18.0. The van der Waals surface area contributed by atoms with E-state index in [1.807, 2.05) is 18.7 Å². The van der Waals surface area contributed by atoms with Gasteiger partial charge in [-0.1, -0.05) is 30.3 Å². The van der Waals surface area contributed by atoms with E-state index in [0.29, 0.717) is 22.0 Å². The summed E-state index contributed by atoms with van der Waals surface area (Å²) in [4.78, 5) is 43.3. The number of nitrogens with one attached hydrogen (secondary N) is 1. The summed E-state index contributed by atoms with van der Waals surface area (Å²) >= 11 is 0. The lowest BCUT2D eigenvalue weighted by Crippen LogP contribution is -2.48. The van der Waals surface area contributed by atoms with Crippen molar-refractivity contribution in [2.45, 2.75) is 57.4 Å². The Morgan fingerprint density at radius 3 is 2.34 bits per heavy atom. The summed E-state index contributed by atoms with van der Waals surface area (Å²) < 4.78 is 50.9. The standard InChI is InChI=1S/C30H28F3N3O5/c1-16-8-9-17(2)36(16)25-24(26(37)27(25)38)34-22(29(39)40-3)14-18-10-12-20(13-11-18)41-28-21-7-5-4-6-19(21)15-23(35-28)30(31,32)33/h4-7,10-13,15-17,22,34H,8-9,14H2,1-3H3. The van der Waals surface area contributed by atoms with Crippen LogP contribution in [0.25, 0.3) is 10.8 Å². The van der Waals surface area contributed by atoms with E-state index in [9.17, 15) is 27.6 Å². The van der Waals surface area contributed by atoms with Gasteiger partial charge in [0.25, 0.3) is 10.9 Å². The zero-order valence-electron chi connectivity index (χ0n) is 22.6. The molecule has 1 aliphatic rings. The monoisotopic (exact) mass is 567 g/mol. The average Bonchev–Trinajstić information content (AvgIpc) is 3.28. The molecule has 11 heteroatoms. The van der Waals surface area contributed by atoms with Crippen LogP contribution in [0.1, 0.15) is 37.9 Å². The van der Waals surface area contributed by atoms with Crippen LogP contribution in [0.15, 0.2) is 64.2 Å². The highest BCUT2D eigenvalue weighted by Gasteiger charge is 2.37. The minimum absolute atomic E-state index is 0.0846. The van der Waals surface area contributed by atoms with Gasteiger partial charge in [0.1, 0.15) is 28.9 Å². The van der Waals surface area contributed by atoms with Gasteiger partial charge in [-0.2, -0.15) is 13.2 Å². The highest BCUT2D eigenvalue weighted by atomic mass is 19.4. The number of nitrogens with zero attached hydrogens (tertiary/aromatic N) is 2. The number of hydrogen-bond donors (Lipinski definition) is 1. The van der Waals surface area contributed by atoms with Gasteiger partial charge in [0.2, 0.25) is 5.88 Å². The number of aromatic nitrogens is 1. The molecule has 0 amide bonds. The van der Waals surface area contributed by atoms with Gasteiger partial charge >= 0.3 is 12.1 Å². The number of alkyl halides is 3. The minimum atomic E-state index is -4.64. The summed E-state index contributed by atoms with van der Waals surface area (Å²) in [6.07, 6.45) is -2.75. The first-order valence-corrected chi connectivity index (χ1v) is 13.2. The fourth-order valence-corrected chi connectivity index (χ4v) is 5.34. The van der Waals surface area contributed by atoms with Gasteiger partial charge in [-0.25, -0.2) is 9.78 Å². The van der Waals surface area contributed by atoms with Crippen molar-refractivity contribution in [1.29, 1.82) is 0 Å². The number of pyridine rings is 1. The molecule has 41 heavy (non-hydrogen) atoms. The van der Waals surface area contributed by atoms with Crippen molar-refractivity contribution in [3.05, 3.63) is 86.3 Å². The zero-order chi connectivity index (χ0) is 29.5. The Kier molecular flexibility index (Phi) is 7.46. The lowest BCUT2D eigenvalue weighted by molar-refractivity contribution is -0.142. The second kappa shape index (κ2) is 10.9. The summed E-state index contributed by atoms with van der Waals surface area (Å²) in [7, 11) is 1.23. The number of ether oxygens (including phenoxy) is 2. The van der Waals surface area contributed by atoms with Crippen LogP contribution in [0.3, 0.4) is 0 Å². The molecule has 2 heterocycles. The van der Waals surface area contributed by atoms with Crippen molar-refractivity contribution >= 4 is 28.1 Å². The fourth-order valence-electron chi connectivity index (χ4n) is 5.34. The SMILES string of the molecule is COC(=O)C(Cc1ccc(Oc2nc(C(F)(F)F)cc3ccccc23)cc1)Nc1c(N2C(C)CCC2C)c(=O)c1=O. The van der Waals surface area contributed by atoms with Crippen molar-refractivity contribution in [2.75, 3.05) is 17.3 Å². The number of anilines is 2. The molecular formula is C30H28F3N3O5. The number of methoxy groups -OCH3 is 1. The summed E-state index contributed by atoms with van der Waals surface area (Å²) in [5.41, 5.74) is -1.26. The maximum absolute atomic E-state index is 13.4. The molecule has 0 saturated carbocycles. The predicted octanol–water partition coefficient (Wildman–Crippen LogP) is 5.22. The van der Waals surface area contributed by atoms with E-state index in [4.69, 9.17) is 9.47 Å². The quantitative estimate of drug-likeness (QED) is 0.229. The third kappa shape index (κ3) is 5.48. The molecule has 8 nitrogen and oxygen atoms in total. The van der Waals surface area contributed by atoms with Crippen LogP contribution in [-0.2, 0) is 22.1 Å². The Hall–Kier alpha value is -4.41. The van der Waals surface area contributed by atoms with Gasteiger partial charge < -0.3 is 19.7 Å². The van der Waals surface area contributed by atoms with E-state index in [1.54, 1.807) is 48.5 Å². The Morgan fingerprint density at radius 2 is 1.71 bits per heavy atom. The van der Waals surface area contributed by atoms with E-state index in [0.717, 1.165) is 18.9 Å². The van der Waals surface area contributed by atoms with Crippen molar-refractivity contribution < 1.29 is 27.4 Å². The van der Waals surface area contributed by atoms with Crippen molar-refractivity contribution in [3.63, 3.8) is 0 Å². The summed E-state index contributed by atoms with van der Waals surface area (Å²) in [5.74, 6) is -0.558. The molecule has 1 aromatic heterocycles. The molecule has 3 unspecified atom stereocenters. The Labute approximate surface area is 233 Å². The molecule has 1 saturated heterocycles. The van der Waals surface area contributed by atoms with Gasteiger partial charge in [-0.15, -0.1) is 0 Å². The Bertz CT molecular complexity index is 1650. The lowest BCUT2D eigenvalue weighted by atomic mass is 10.0. The van der Waals surface area contributed by atoms with E-state index in [2.05, 4.69) is 10.3 Å². The van der Waals surface area contributed by atoms with E-state index in [1.165, 1.54) is 7.11 Å². The summed E-state index contributed by atoms with van der Waals surface area (Å²) in [6, 6.07) is 13.1. The van der Waals surface area contributed by atoms with Crippen molar-refractivity contribution in [1.82, 2.24) is 4.98 Å². The molecule has 0 bridgehead atoms. The van der Waals surface area contributed by atoms with Crippen LogP contribution in [0.2, 0.25) is 0 Å². The number of carbonyl (C=O) groups is 1. The fraction of sp³-hybridized carbons (Fsp3) is 0.333. The smallest absolute Gasteiger partial charge is 0.433 e. The zero-order valence-corrected chi connectivity index (χ0v) is 22.6. The first kappa shape index (κ1) is 28.1. The number of hydrogen-bond acceptors (Lipinski definition) is 8. The van der Waals surface area contributed by atoms with Crippen LogP contribution >= 0.6 is 0 Å². The van der Waals surface area contributed by atoms with Crippen molar-refractivity contribution in [2.24, 2.45) is 0 Å². The second-order valence-corrected chi connectivity index (χ2v) is 10.3. The molecule has 1 fully saturated rings. The number of esters is 1. The maximum atomic E-state index is 13.4. The summed E-state index contributed by atoms with van der Waals surface area (Å²) in [6.45, 7) is 3.98. The Morgan fingerprint density at radius 1 is 1.05 bits per heavy atom. The van der Waals surface area contributed by atoms with E-state index in [-0.39, 0.29) is 35.8 Å². The third-order valence-corrected chi connectivity index (χ3v) is 7.47. The number of rotatable bonds is 8. The number of fused-ring (bicyclic) bond motifs is 1. The van der Waals surface area contributed by atoms with Crippen LogP contribution in [-0.4, -0.2) is 36.2 Å². The number of carbonyl (C=O) groups excluding carboxylic acids is 1. The summed E-state index contributed by atoms with van der Waals surface area (Å²) in [5, 5.41) is 3.70. The molecule has 1 N–H and O–H groups in total. The largest absolute Gasteiger partial charge is 0.467 e. The second-order valence-electron chi connectivity index (χ2n) is 10.3. The molecule has 1 aliphatic heterocycles. The van der Waals surface area contributed by atoms with Crippen molar-refractivity contribution in [3.8, 4) is 11.6 Å². The van der Waals surface area contributed by atoms with Gasteiger partial charge in [0.05, 0.1) is 7.11 Å². The molecule has 0 aliphatic carbocycles.